The molecule has 0 saturated carbocycles. The topological polar surface area (TPSA) is 114 Å². The third-order valence-corrected chi connectivity index (χ3v) is 6.09. The van der Waals surface area contributed by atoms with Crippen LogP contribution in [0, 0.1) is 38.9 Å². The molecule has 8 nitrogen and oxygen atoms in total. The van der Waals surface area contributed by atoms with Crippen LogP contribution in [0.3, 0.4) is 0 Å². The Hall–Kier alpha value is -3.91. The number of nitrogens with one attached hydrogen (secondary N) is 1. The van der Waals surface area contributed by atoms with Crippen molar-refractivity contribution in [3.05, 3.63) is 90.5 Å². The standard InChI is InChI=1S/C27H24IN3O5/c1-4-35-25-14-19(12-21(15-29)20-6-9-23(10-7-20)31(33)34)13-24(28)27(25)36-16-26(32)30-22-8-5-17(2)18(3)11-22/h5-14H,4,16H2,1-3H3,(H,30,32)/b21-12+. The molecule has 9 heteroatoms. The summed E-state index contributed by atoms with van der Waals surface area (Å²) < 4.78 is 12.3. The van der Waals surface area contributed by atoms with Gasteiger partial charge in [0.1, 0.15) is 0 Å². The lowest BCUT2D eigenvalue weighted by molar-refractivity contribution is -0.384. The maximum atomic E-state index is 12.5. The van der Waals surface area contributed by atoms with E-state index in [1.165, 1.54) is 24.3 Å². The molecule has 3 rings (SSSR count). The first kappa shape index (κ1) is 26.7. The van der Waals surface area contributed by atoms with Crippen LogP contribution in [-0.4, -0.2) is 24.0 Å². The first-order valence-electron chi connectivity index (χ1n) is 11.0. The van der Waals surface area contributed by atoms with E-state index in [-0.39, 0.29) is 18.2 Å². The number of hydrogen-bond acceptors (Lipinski definition) is 6. The van der Waals surface area contributed by atoms with Crippen LogP contribution in [0.1, 0.15) is 29.2 Å². The summed E-state index contributed by atoms with van der Waals surface area (Å²) in [5.41, 5.74) is 4.45. The molecule has 0 fully saturated rings. The van der Waals surface area contributed by atoms with Gasteiger partial charge >= 0.3 is 0 Å². The number of nitro benzene ring substituents is 1. The van der Waals surface area contributed by atoms with Crippen LogP contribution >= 0.6 is 22.6 Å². The van der Waals surface area contributed by atoms with Gasteiger partial charge in [0.05, 0.1) is 26.7 Å². The van der Waals surface area contributed by atoms with E-state index in [1.807, 2.05) is 45.0 Å². The Labute approximate surface area is 222 Å². The quantitative estimate of drug-likeness (QED) is 0.102. The van der Waals surface area contributed by atoms with Gasteiger partial charge in [0.25, 0.3) is 11.6 Å². The fourth-order valence-electron chi connectivity index (χ4n) is 3.34. The second-order valence-corrected chi connectivity index (χ2v) is 9.03. The summed E-state index contributed by atoms with van der Waals surface area (Å²) in [4.78, 5) is 22.9. The molecule has 0 aliphatic carbocycles. The lowest BCUT2D eigenvalue weighted by atomic mass is 10.0. The normalized spacial score (nSPS) is 10.9. The number of ether oxygens (including phenoxy) is 2. The Balaban J connectivity index is 1.81. The SMILES string of the molecule is CCOc1cc(/C=C(\C#N)c2ccc([N+](=O)[O-])cc2)cc(I)c1OCC(=O)Nc1ccc(C)c(C)c1. The minimum absolute atomic E-state index is 0.0488. The van der Waals surface area contributed by atoms with Gasteiger partial charge in [0.2, 0.25) is 0 Å². The maximum Gasteiger partial charge on any atom is 0.269 e. The van der Waals surface area contributed by atoms with Crippen molar-refractivity contribution in [3.8, 4) is 17.6 Å². The minimum Gasteiger partial charge on any atom is -0.490 e. The van der Waals surface area contributed by atoms with E-state index >= 15 is 0 Å². The largest absolute Gasteiger partial charge is 0.490 e. The molecule has 0 aliphatic heterocycles. The van der Waals surface area contributed by atoms with Gasteiger partial charge in [-0.15, -0.1) is 0 Å². The van der Waals surface area contributed by atoms with Crippen LogP contribution in [0.5, 0.6) is 11.5 Å². The van der Waals surface area contributed by atoms with Crippen molar-refractivity contribution in [2.45, 2.75) is 20.8 Å². The number of nitrogens with zero attached hydrogens (tertiary/aromatic N) is 2. The number of non-ortho nitro benzene ring substituents is 1. The van der Waals surface area contributed by atoms with Crippen LogP contribution in [0.4, 0.5) is 11.4 Å². The molecule has 0 spiro atoms. The summed E-state index contributed by atoms with van der Waals surface area (Å²) in [6.07, 6.45) is 1.67. The highest BCUT2D eigenvalue weighted by Gasteiger charge is 2.15. The van der Waals surface area contributed by atoms with E-state index in [2.05, 4.69) is 34.0 Å². The number of halogens is 1. The molecule has 0 unspecified atom stereocenters. The highest BCUT2D eigenvalue weighted by Crippen LogP contribution is 2.35. The van der Waals surface area contributed by atoms with Crippen LogP contribution in [-0.2, 0) is 4.79 Å². The summed E-state index contributed by atoms with van der Waals surface area (Å²) in [7, 11) is 0. The average molecular weight is 597 g/mol. The Kier molecular flexibility index (Phi) is 9.02. The number of carbonyl (C=O) groups is 1. The van der Waals surface area contributed by atoms with Gasteiger partial charge in [-0.3, -0.25) is 14.9 Å². The highest BCUT2D eigenvalue weighted by molar-refractivity contribution is 14.1. The van der Waals surface area contributed by atoms with Crippen molar-refractivity contribution in [3.63, 3.8) is 0 Å². The molecule has 0 heterocycles. The Bertz CT molecular complexity index is 1360. The summed E-state index contributed by atoms with van der Waals surface area (Å²) in [5.74, 6) is 0.569. The Morgan fingerprint density at radius 2 is 1.83 bits per heavy atom. The molecule has 0 aromatic heterocycles. The number of benzene rings is 3. The summed E-state index contributed by atoms with van der Waals surface area (Å²) in [5, 5.41) is 23.4. The summed E-state index contributed by atoms with van der Waals surface area (Å²) in [6, 6.07) is 17.1. The van der Waals surface area contributed by atoms with Gasteiger partial charge < -0.3 is 14.8 Å². The molecule has 0 aliphatic rings. The van der Waals surface area contributed by atoms with Crippen molar-refractivity contribution in [1.29, 1.82) is 5.26 Å². The van der Waals surface area contributed by atoms with Gasteiger partial charge in [-0.05, 0) is 108 Å². The van der Waals surface area contributed by atoms with Crippen molar-refractivity contribution in [1.82, 2.24) is 0 Å². The first-order chi connectivity index (χ1) is 17.2. The molecule has 0 radical (unpaired) electrons. The first-order valence-corrected chi connectivity index (χ1v) is 12.1. The number of hydrogen-bond donors (Lipinski definition) is 1. The fourth-order valence-corrected chi connectivity index (χ4v) is 4.12. The maximum absolute atomic E-state index is 12.5. The lowest BCUT2D eigenvalue weighted by Gasteiger charge is -2.15. The number of anilines is 1. The molecule has 1 N–H and O–H groups in total. The predicted molar refractivity (Wildman–Crippen MR) is 147 cm³/mol. The third kappa shape index (κ3) is 6.82. The molecular formula is C27H24IN3O5. The summed E-state index contributed by atoms with van der Waals surface area (Å²) >= 11 is 2.09. The van der Waals surface area contributed by atoms with Gasteiger partial charge in [0, 0.05) is 17.8 Å². The third-order valence-electron chi connectivity index (χ3n) is 5.29. The van der Waals surface area contributed by atoms with Crippen LogP contribution in [0.25, 0.3) is 11.6 Å². The zero-order valence-corrected chi connectivity index (χ0v) is 22.2. The number of nitro groups is 1. The molecule has 3 aromatic rings. The van der Waals surface area contributed by atoms with Gasteiger partial charge in [-0.1, -0.05) is 6.07 Å². The van der Waals surface area contributed by atoms with Crippen LogP contribution < -0.4 is 14.8 Å². The summed E-state index contributed by atoms with van der Waals surface area (Å²) in [6.45, 7) is 5.99. The van der Waals surface area contributed by atoms with Gasteiger partial charge in [-0.25, -0.2) is 0 Å². The van der Waals surface area contributed by atoms with Crippen molar-refractivity contribution < 1.29 is 19.2 Å². The zero-order valence-electron chi connectivity index (χ0n) is 20.0. The second kappa shape index (κ2) is 12.2. The van der Waals surface area contributed by atoms with E-state index in [9.17, 15) is 20.2 Å². The molecular weight excluding hydrogens is 573 g/mol. The van der Waals surface area contributed by atoms with Gasteiger partial charge in [-0.2, -0.15) is 5.26 Å². The number of nitriles is 1. The second-order valence-electron chi connectivity index (χ2n) is 7.87. The monoisotopic (exact) mass is 597 g/mol. The number of carbonyl (C=O) groups excluding carboxylic acids is 1. The van der Waals surface area contributed by atoms with E-state index < -0.39 is 4.92 Å². The van der Waals surface area contributed by atoms with E-state index in [1.54, 1.807) is 12.1 Å². The molecule has 184 valence electrons. The van der Waals surface area contributed by atoms with Crippen LogP contribution in [0.2, 0.25) is 0 Å². The van der Waals surface area contributed by atoms with Crippen molar-refractivity contribution >= 4 is 51.5 Å². The highest BCUT2D eigenvalue weighted by atomic mass is 127. The number of allylic oxidation sites excluding steroid dienone is 1. The Morgan fingerprint density at radius 3 is 2.44 bits per heavy atom. The molecule has 3 aromatic carbocycles. The molecule has 0 bridgehead atoms. The smallest absolute Gasteiger partial charge is 0.269 e. The van der Waals surface area contributed by atoms with E-state index in [4.69, 9.17) is 9.47 Å². The lowest BCUT2D eigenvalue weighted by Crippen LogP contribution is -2.20. The molecule has 1 amide bonds. The van der Waals surface area contributed by atoms with Gasteiger partial charge in [0.15, 0.2) is 18.1 Å². The van der Waals surface area contributed by atoms with E-state index in [0.717, 1.165) is 11.1 Å². The fraction of sp³-hybridized carbons (Fsp3) is 0.185. The average Bonchev–Trinajstić information content (AvgIpc) is 2.84. The molecule has 36 heavy (non-hydrogen) atoms. The van der Waals surface area contributed by atoms with Crippen molar-refractivity contribution in [2.24, 2.45) is 0 Å². The molecule has 0 atom stereocenters. The number of amides is 1. The van der Waals surface area contributed by atoms with Crippen LogP contribution in [0.15, 0.2) is 54.6 Å². The predicted octanol–water partition coefficient (Wildman–Crippen LogP) is 6.30. The number of rotatable bonds is 9. The zero-order chi connectivity index (χ0) is 26.2. The number of aryl methyl sites for hydroxylation is 2. The van der Waals surface area contributed by atoms with E-state index in [0.29, 0.717) is 44.1 Å². The molecule has 0 saturated heterocycles. The minimum atomic E-state index is -0.489. The van der Waals surface area contributed by atoms with Crippen molar-refractivity contribution in [2.75, 3.05) is 18.5 Å². The Morgan fingerprint density at radius 1 is 1.11 bits per heavy atom.